The Bertz CT molecular complexity index is 879. The molecule has 0 saturated heterocycles. The summed E-state index contributed by atoms with van der Waals surface area (Å²) in [5.74, 6) is 1.42. The number of nitriles is 1. The fourth-order valence-corrected chi connectivity index (χ4v) is 2.81. The van der Waals surface area contributed by atoms with Crippen LogP contribution in [0, 0.1) is 11.3 Å². The van der Waals surface area contributed by atoms with Gasteiger partial charge in [-0.2, -0.15) is 5.26 Å². The monoisotopic (exact) mass is 348 g/mol. The largest absolute Gasteiger partial charge is 0.494 e. The van der Waals surface area contributed by atoms with Crippen LogP contribution in [0.2, 0.25) is 0 Å². The molecular formula is C21H20N2O3. The lowest BCUT2D eigenvalue weighted by Crippen LogP contribution is -2.30. The van der Waals surface area contributed by atoms with Gasteiger partial charge >= 0.3 is 0 Å². The zero-order valence-electron chi connectivity index (χ0n) is 14.9. The van der Waals surface area contributed by atoms with Gasteiger partial charge in [0, 0.05) is 19.2 Å². The number of carbonyl (C=O) groups excluding carboxylic acids is 1. The summed E-state index contributed by atoms with van der Waals surface area (Å²) in [6, 6.07) is 14.9. The Balaban J connectivity index is 1.74. The van der Waals surface area contributed by atoms with E-state index >= 15 is 0 Å². The minimum Gasteiger partial charge on any atom is -0.494 e. The van der Waals surface area contributed by atoms with Crippen LogP contribution in [0.5, 0.6) is 11.5 Å². The van der Waals surface area contributed by atoms with Crippen LogP contribution in [0.15, 0.2) is 48.0 Å². The number of hydrogen-bond acceptors (Lipinski definition) is 4. The van der Waals surface area contributed by atoms with Crippen molar-refractivity contribution in [1.82, 2.24) is 4.90 Å². The number of likely N-dealkylation sites (N-methyl/N-ethyl adjacent to an activating group) is 1. The van der Waals surface area contributed by atoms with E-state index in [2.05, 4.69) is 6.07 Å². The third kappa shape index (κ3) is 3.86. The van der Waals surface area contributed by atoms with Crippen molar-refractivity contribution in [1.29, 1.82) is 5.26 Å². The van der Waals surface area contributed by atoms with Gasteiger partial charge in [0.2, 0.25) is 0 Å². The Morgan fingerprint density at radius 2 is 2.04 bits per heavy atom. The van der Waals surface area contributed by atoms with Gasteiger partial charge < -0.3 is 14.4 Å². The number of ether oxygens (including phenoxy) is 2. The summed E-state index contributed by atoms with van der Waals surface area (Å²) in [5, 5.41) is 8.86. The fourth-order valence-electron chi connectivity index (χ4n) is 2.81. The molecule has 1 amide bonds. The molecule has 0 spiro atoms. The first-order valence-electron chi connectivity index (χ1n) is 8.45. The number of rotatable bonds is 5. The molecule has 5 nitrogen and oxygen atoms in total. The topological polar surface area (TPSA) is 62.6 Å². The van der Waals surface area contributed by atoms with Crippen molar-refractivity contribution in [3.05, 3.63) is 64.7 Å². The van der Waals surface area contributed by atoms with Crippen molar-refractivity contribution in [3.63, 3.8) is 0 Å². The van der Waals surface area contributed by atoms with Crippen LogP contribution in [0.4, 0.5) is 0 Å². The van der Waals surface area contributed by atoms with Crippen LogP contribution >= 0.6 is 0 Å². The normalized spacial score (nSPS) is 12.3. The number of benzene rings is 2. The second kappa shape index (κ2) is 7.75. The van der Waals surface area contributed by atoms with Crippen LogP contribution in [0.3, 0.4) is 0 Å². The molecule has 0 unspecified atom stereocenters. The molecule has 0 radical (unpaired) electrons. The first-order chi connectivity index (χ1) is 12.6. The molecule has 3 rings (SSSR count). The van der Waals surface area contributed by atoms with Gasteiger partial charge in [0.15, 0.2) is 0 Å². The molecule has 132 valence electrons. The Hall–Kier alpha value is -3.26. The van der Waals surface area contributed by atoms with Gasteiger partial charge in [-0.1, -0.05) is 12.1 Å². The number of amides is 1. The highest BCUT2D eigenvalue weighted by Gasteiger charge is 2.20. The molecule has 0 bridgehead atoms. The number of hydrogen-bond donors (Lipinski definition) is 0. The molecule has 2 aromatic carbocycles. The van der Waals surface area contributed by atoms with Crippen molar-refractivity contribution in [2.24, 2.45) is 0 Å². The highest BCUT2D eigenvalue weighted by Crippen LogP contribution is 2.30. The minimum absolute atomic E-state index is 0.0816. The van der Waals surface area contributed by atoms with Crippen molar-refractivity contribution in [3.8, 4) is 17.6 Å². The lowest BCUT2D eigenvalue weighted by atomic mass is 10.1. The second-order valence-electron chi connectivity index (χ2n) is 6.06. The maximum atomic E-state index is 12.7. The van der Waals surface area contributed by atoms with Gasteiger partial charge in [0.25, 0.3) is 5.91 Å². The molecule has 0 fully saturated rings. The summed E-state index contributed by atoms with van der Waals surface area (Å²) in [6.45, 7) is 3.23. The molecule has 1 aliphatic rings. The highest BCUT2D eigenvalue weighted by atomic mass is 16.5. The molecule has 0 saturated carbocycles. The second-order valence-corrected chi connectivity index (χ2v) is 6.06. The lowest BCUT2D eigenvalue weighted by Gasteiger charge is -2.23. The van der Waals surface area contributed by atoms with Gasteiger partial charge in [-0.05, 0) is 48.9 Å². The molecule has 0 aromatic heterocycles. The predicted octanol–water partition coefficient (Wildman–Crippen LogP) is 3.39. The summed E-state index contributed by atoms with van der Waals surface area (Å²) in [6.07, 6.45) is 1.86. The van der Waals surface area contributed by atoms with Crippen LogP contribution in [0.25, 0.3) is 6.08 Å². The van der Waals surface area contributed by atoms with Crippen LogP contribution < -0.4 is 9.47 Å². The van der Waals surface area contributed by atoms with E-state index in [9.17, 15) is 4.79 Å². The average molecular weight is 348 g/mol. The Morgan fingerprint density at radius 1 is 1.27 bits per heavy atom. The van der Waals surface area contributed by atoms with E-state index in [4.69, 9.17) is 14.7 Å². The highest BCUT2D eigenvalue weighted by molar-refractivity contribution is 5.99. The van der Waals surface area contributed by atoms with Crippen molar-refractivity contribution >= 4 is 12.0 Å². The molecule has 5 heteroatoms. The average Bonchev–Trinajstić information content (AvgIpc) is 2.67. The fraction of sp³-hybridized carbons (Fsp3) is 0.238. The molecule has 0 aliphatic carbocycles. The quantitative estimate of drug-likeness (QED) is 0.831. The standard InChI is InChI=1S/C21H20N2O3/c1-3-25-19-8-9-20-17(11-19)10-18(14-26-20)21(24)23(2)13-16-6-4-15(12-22)5-7-16/h4-11H,3,13-14H2,1-2H3. The smallest absolute Gasteiger partial charge is 0.253 e. The Kier molecular flexibility index (Phi) is 5.23. The van der Waals surface area contributed by atoms with E-state index in [1.807, 2.05) is 43.3 Å². The summed E-state index contributed by atoms with van der Waals surface area (Å²) in [5.41, 5.74) is 3.02. The van der Waals surface area contributed by atoms with Gasteiger partial charge in [-0.15, -0.1) is 0 Å². The SMILES string of the molecule is CCOc1ccc2c(c1)C=C(C(=O)N(C)Cc1ccc(C#N)cc1)CO2. The van der Waals surface area contributed by atoms with Crippen LogP contribution in [0.1, 0.15) is 23.6 Å². The summed E-state index contributed by atoms with van der Waals surface area (Å²) >= 11 is 0. The number of carbonyl (C=O) groups is 1. The summed E-state index contributed by atoms with van der Waals surface area (Å²) < 4.78 is 11.2. The number of fused-ring (bicyclic) bond motifs is 1. The molecule has 26 heavy (non-hydrogen) atoms. The van der Waals surface area contributed by atoms with E-state index in [0.717, 1.165) is 22.6 Å². The van der Waals surface area contributed by atoms with Gasteiger partial charge in [-0.3, -0.25) is 4.79 Å². The van der Waals surface area contributed by atoms with E-state index in [-0.39, 0.29) is 12.5 Å². The first kappa shape index (κ1) is 17.6. The molecule has 1 heterocycles. The van der Waals surface area contributed by atoms with Crippen molar-refractivity contribution in [2.45, 2.75) is 13.5 Å². The molecule has 1 aliphatic heterocycles. The van der Waals surface area contributed by atoms with Crippen molar-refractivity contribution < 1.29 is 14.3 Å². The lowest BCUT2D eigenvalue weighted by molar-refractivity contribution is -0.126. The van der Waals surface area contributed by atoms with Crippen LogP contribution in [-0.4, -0.2) is 31.1 Å². The summed E-state index contributed by atoms with van der Waals surface area (Å²) in [4.78, 5) is 14.4. The first-order valence-corrected chi connectivity index (χ1v) is 8.45. The van der Waals surface area contributed by atoms with Gasteiger partial charge in [0.05, 0.1) is 23.8 Å². The molecule has 0 N–H and O–H groups in total. The minimum atomic E-state index is -0.0816. The van der Waals surface area contributed by atoms with Crippen LogP contribution in [-0.2, 0) is 11.3 Å². The maximum Gasteiger partial charge on any atom is 0.253 e. The van der Waals surface area contributed by atoms with E-state index in [1.165, 1.54) is 0 Å². The maximum absolute atomic E-state index is 12.7. The predicted molar refractivity (Wildman–Crippen MR) is 98.7 cm³/mol. The van der Waals surface area contributed by atoms with Gasteiger partial charge in [-0.25, -0.2) is 0 Å². The zero-order chi connectivity index (χ0) is 18.5. The van der Waals surface area contributed by atoms with E-state index in [0.29, 0.717) is 24.3 Å². The van der Waals surface area contributed by atoms with Gasteiger partial charge in [0.1, 0.15) is 18.1 Å². The van der Waals surface area contributed by atoms with E-state index in [1.54, 1.807) is 24.1 Å². The van der Waals surface area contributed by atoms with Crippen molar-refractivity contribution in [2.75, 3.05) is 20.3 Å². The summed E-state index contributed by atoms with van der Waals surface area (Å²) in [7, 11) is 1.76. The third-order valence-corrected chi connectivity index (χ3v) is 4.13. The molecule has 0 atom stereocenters. The molecule has 2 aromatic rings. The Labute approximate surface area is 153 Å². The zero-order valence-corrected chi connectivity index (χ0v) is 14.9. The number of nitrogens with zero attached hydrogens (tertiary/aromatic N) is 2. The molecular weight excluding hydrogens is 328 g/mol. The third-order valence-electron chi connectivity index (χ3n) is 4.13. The Morgan fingerprint density at radius 3 is 2.73 bits per heavy atom. The van der Waals surface area contributed by atoms with E-state index < -0.39 is 0 Å².